The number of benzene rings is 1. The van der Waals surface area contributed by atoms with Gasteiger partial charge >= 0.3 is 0 Å². The highest BCUT2D eigenvalue weighted by atomic mass is 16.2. The van der Waals surface area contributed by atoms with Gasteiger partial charge in [-0.2, -0.15) is 5.10 Å². The number of anilines is 1. The van der Waals surface area contributed by atoms with Crippen LogP contribution in [0.25, 0.3) is 0 Å². The van der Waals surface area contributed by atoms with Crippen molar-refractivity contribution in [1.29, 1.82) is 0 Å². The van der Waals surface area contributed by atoms with Crippen molar-refractivity contribution in [2.45, 2.75) is 52.5 Å². The Bertz CT molecular complexity index is 772. The van der Waals surface area contributed by atoms with Crippen LogP contribution in [0.15, 0.2) is 24.3 Å². The van der Waals surface area contributed by atoms with Crippen LogP contribution < -0.4 is 4.90 Å². The molecule has 0 atom stereocenters. The second kappa shape index (κ2) is 8.59. The standard InChI is InChI=1S/C22H32N4O/c1-17-21(18(2)25(4)23-17)12-13-22(27)24(3)16-19-8-10-20(11-9-19)26-14-6-5-7-15-26/h8-11H,5-7,12-16H2,1-4H3. The van der Waals surface area contributed by atoms with Gasteiger partial charge in [-0.3, -0.25) is 9.48 Å². The summed E-state index contributed by atoms with van der Waals surface area (Å²) in [7, 11) is 3.84. The highest BCUT2D eigenvalue weighted by Crippen LogP contribution is 2.21. The van der Waals surface area contributed by atoms with Crippen LogP contribution in [0.2, 0.25) is 0 Å². The molecule has 0 spiro atoms. The number of carbonyl (C=O) groups excluding carboxylic acids is 1. The molecule has 146 valence electrons. The minimum Gasteiger partial charge on any atom is -0.372 e. The van der Waals surface area contributed by atoms with E-state index in [1.54, 1.807) is 0 Å². The minimum atomic E-state index is 0.178. The van der Waals surface area contributed by atoms with E-state index in [0.29, 0.717) is 13.0 Å². The van der Waals surface area contributed by atoms with Crippen LogP contribution in [0.4, 0.5) is 5.69 Å². The lowest BCUT2D eigenvalue weighted by atomic mass is 10.1. The van der Waals surface area contributed by atoms with Crippen LogP contribution in [-0.2, 0) is 24.8 Å². The van der Waals surface area contributed by atoms with Crippen LogP contribution in [0, 0.1) is 13.8 Å². The maximum atomic E-state index is 12.6. The van der Waals surface area contributed by atoms with Crippen molar-refractivity contribution in [3.05, 3.63) is 46.8 Å². The van der Waals surface area contributed by atoms with Crippen molar-refractivity contribution in [2.24, 2.45) is 7.05 Å². The van der Waals surface area contributed by atoms with E-state index >= 15 is 0 Å². The van der Waals surface area contributed by atoms with Crippen LogP contribution in [0.3, 0.4) is 0 Å². The Kier molecular flexibility index (Phi) is 6.19. The monoisotopic (exact) mass is 368 g/mol. The molecular weight excluding hydrogens is 336 g/mol. The van der Waals surface area contributed by atoms with Gasteiger partial charge in [0.05, 0.1) is 5.69 Å². The molecule has 5 nitrogen and oxygen atoms in total. The quantitative estimate of drug-likeness (QED) is 0.782. The second-order valence-corrected chi connectivity index (χ2v) is 7.74. The molecule has 0 N–H and O–H groups in total. The average molecular weight is 369 g/mol. The number of piperidine rings is 1. The molecule has 3 rings (SSSR count). The van der Waals surface area contributed by atoms with Gasteiger partial charge in [-0.25, -0.2) is 0 Å². The minimum absolute atomic E-state index is 0.178. The zero-order chi connectivity index (χ0) is 19.4. The SMILES string of the molecule is Cc1nn(C)c(C)c1CCC(=O)N(C)Cc1ccc(N2CCCCC2)cc1. The van der Waals surface area contributed by atoms with Gasteiger partial charge in [-0.15, -0.1) is 0 Å². The van der Waals surface area contributed by atoms with Crippen LogP contribution in [-0.4, -0.2) is 40.7 Å². The molecule has 1 amide bonds. The number of rotatable bonds is 6. The number of amides is 1. The van der Waals surface area contributed by atoms with Gasteiger partial charge in [-0.1, -0.05) is 12.1 Å². The topological polar surface area (TPSA) is 41.4 Å². The molecule has 2 aromatic rings. The second-order valence-electron chi connectivity index (χ2n) is 7.74. The summed E-state index contributed by atoms with van der Waals surface area (Å²) in [6.45, 7) is 7.05. The molecule has 1 aromatic carbocycles. The van der Waals surface area contributed by atoms with E-state index in [-0.39, 0.29) is 5.91 Å². The maximum absolute atomic E-state index is 12.6. The van der Waals surface area contributed by atoms with Crippen molar-refractivity contribution < 1.29 is 4.79 Å². The lowest BCUT2D eigenvalue weighted by molar-refractivity contribution is -0.130. The van der Waals surface area contributed by atoms with E-state index in [1.165, 1.54) is 36.1 Å². The lowest BCUT2D eigenvalue weighted by Gasteiger charge is -2.29. The van der Waals surface area contributed by atoms with Crippen LogP contribution in [0.5, 0.6) is 0 Å². The van der Waals surface area contributed by atoms with Gasteiger partial charge < -0.3 is 9.80 Å². The van der Waals surface area contributed by atoms with Crippen molar-refractivity contribution >= 4 is 11.6 Å². The normalized spacial score (nSPS) is 14.4. The number of aromatic nitrogens is 2. The van der Waals surface area contributed by atoms with Gasteiger partial charge in [0.1, 0.15) is 0 Å². The molecule has 0 unspecified atom stereocenters. The molecule has 1 aromatic heterocycles. The molecule has 5 heteroatoms. The molecule has 27 heavy (non-hydrogen) atoms. The zero-order valence-corrected chi connectivity index (χ0v) is 17.2. The first-order chi connectivity index (χ1) is 13.0. The average Bonchev–Trinajstić information content (AvgIpc) is 2.92. The van der Waals surface area contributed by atoms with Gasteiger partial charge in [0.25, 0.3) is 0 Å². The van der Waals surface area contributed by atoms with E-state index in [2.05, 4.69) is 41.2 Å². The summed E-state index contributed by atoms with van der Waals surface area (Å²) in [5.74, 6) is 0.178. The molecule has 1 aliphatic heterocycles. The molecular formula is C22H32N4O. The summed E-state index contributed by atoms with van der Waals surface area (Å²) < 4.78 is 1.89. The molecule has 0 saturated carbocycles. The Labute approximate surface area is 163 Å². The summed E-state index contributed by atoms with van der Waals surface area (Å²) in [6.07, 6.45) is 5.20. The number of hydrogen-bond donors (Lipinski definition) is 0. The lowest BCUT2D eigenvalue weighted by Crippen LogP contribution is -2.29. The third-order valence-electron chi connectivity index (χ3n) is 5.75. The van der Waals surface area contributed by atoms with Crippen molar-refractivity contribution in [3.8, 4) is 0 Å². The predicted molar refractivity (Wildman–Crippen MR) is 110 cm³/mol. The fraction of sp³-hybridized carbons (Fsp3) is 0.545. The summed E-state index contributed by atoms with van der Waals surface area (Å²) >= 11 is 0. The summed E-state index contributed by atoms with van der Waals surface area (Å²) in [5, 5.41) is 4.44. The van der Waals surface area contributed by atoms with E-state index in [1.807, 2.05) is 30.6 Å². The number of nitrogens with zero attached hydrogens (tertiary/aromatic N) is 4. The van der Waals surface area contributed by atoms with E-state index in [0.717, 1.165) is 30.9 Å². The summed E-state index contributed by atoms with van der Waals surface area (Å²) in [6, 6.07) is 8.70. The first kappa shape index (κ1) is 19.5. The highest BCUT2D eigenvalue weighted by Gasteiger charge is 2.15. The number of carbonyl (C=O) groups is 1. The molecule has 1 fully saturated rings. The fourth-order valence-electron chi connectivity index (χ4n) is 3.93. The third kappa shape index (κ3) is 4.71. The summed E-state index contributed by atoms with van der Waals surface area (Å²) in [5.41, 5.74) is 5.86. The van der Waals surface area contributed by atoms with E-state index in [4.69, 9.17) is 0 Å². The highest BCUT2D eigenvalue weighted by molar-refractivity contribution is 5.76. The fourth-order valence-corrected chi connectivity index (χ4v) is 3.93. The van der Waals surface area contributed by atoms with Crippen molar-refractivity contribution in [3.63, 3.8) is 0 Å². The van der Waals surface area contributed by atoms with Crippen molar-refractivity contribution in [2.75, 3.05) is 25.0 Å². The first-order valence-electron chi connectivity index (χ1n) is 10.0. The Morgan fingerprint density at radius 2 is 1.78 bits per heavy atom. The van der Waals surface area contributed by atoms with E-state index < -0.39 is 0 Å². The maximum Gasteiger partial charge on any atom is 0.222 e. The van der Waals surface area contributed by atoms with Crippen LogP contribution >= 0.6 is 0 Å². The summed E-state index contributed by atoms with van der Waals surface area (Å²) in [4.78, 5) is 16.8. The van der Waals surface area contributed by atoms with Gasteiger partial charge in [0.15, 0.2) is 0 Å². The Morgan fingerprint density at radius 3 is 2.37 bits per heavy atom. The smallest absolute Gasteiger partial charge is 0.222 e. The largest absolute Gasteiger partial charge is 0.372 e. The first-order valence-corrected chi connectivity index (χ1v) is 10.0. The third-order valence-corrected chi connectivity index (χ3v) is 5.75. The molecule has 1 saturated heterocycles. The molecule has 0 bridgehead atoms. The van der Waals surface area contributed by atoms with Crippen LogP contribution in [0.1, 0.15) is 48.2 Å². The molecule has 2 heterocycles. The Balaban J connectivity index is 1.53. The molecule has 0 aliphatic carbocycles. The van der Waals surface area contributed by atoms with Gasteiger partial charge in [0.2, 0.25) is 5.91 Å². The van der Waals surface area contributed by atoms with E-state index in [9.17, 15) is 4.79 Å². The number of hydrogen-bond acceptors (Lipinski definition) is 3. The predicted octanol–water partition coefficient (Wildman–Crippen LogP) is 3.62. The van der Waals surface area contributed by atoms with Gasteiger partial charge in [0, 0.05) is 51.5 Å². The number of aryl methyl sites for hydroxylation is 2. The molecule has 0 radical (unpaired) electrons. The Hall–Kier alpha value is -2.30. The van der Waals surface area contributed by atoms with Crippen molar-refractivity contribution in [1.82, 2.24) is 14.7 Å². The van der Waals surface area contributed by atoms with Gasteiger partial charge in [-0.05, 0) is 62.8 Å². The Morgan fingerprint density at radius 1 is 1.11 bits per heavy atom. The zero-order valence-electron chi connectivity index (χ0n) is 17.2. The molecule has 1 aliphatic rings.